The summed E-state index contributed by atoms with van der Waals surface area (Å²) in [6.07, 6.45) is 3.87. The lowest BCUT2D eigenvalue weighted by molar-refractivity contribution is -0.153. The molecule has 2 aliphatic heterocycles. The van der Waals surface area contributed by atoms with Gasteiger partial charge in [-0.2, -0.15) is 0 Å². The maximum atomic E-state index is 12.0. The van der Waals surface area contributed by atoms with Gasteiger partial charge in [-0.25, -0.2) is 0 Å². The van der Waals surface area contributed by atoms with E-state index in [9.17, 15) is 9.59 Å². The Kier molecular flexibility index (Phi) is 3.59. The van der Waals surface area contributed by atoms with E-state index in [1.807, 2.05) is 6.92 Å². The van der Waals surface area contributed by atoms with Crippen LogP contribution in [0.4, 0.5) is 0 Å². The summed E-state index contributed by atoms with van der Waals surface area (Å²) in [7, 11) is 0. The first-order valence-corrected chi connectivity index (χ1v) is 6.28. The van der Waals surface area contributed by atoms with E-state index in [1.165, 1.54) is 0 Å². The van der Waals surface area contributed by atoms with Crippen molar-refractivity contribution < 1.29 is 9.59 Å². The molecule has 2 amide bonds. The lowest BCUT2D eigenvalue weighted by Gasteiger charge is -2.37. The maximum absolute atomic E-state index is 12.0. The zero-order valence-corrected chi connectivity index (χ0v) is 9.87. The third kappa shape index (κ3) is 2.26. The van der Waals surface area contributed by atoms with Crippen molar-refractivity contribution in [3.63, 3.8) is 0 Å². The molecule has 0 atom stereocenters. The van der Waals surface area contributed by atoms with Gasteiger partial charge in [0.05, 0.1) is 0 Å². The molecule has 0 aromatic carbocycles. The summed E-state index contributed by atoms with van der Waals surface area (Å²) >= 11 is 0. The molecule has 2 rings (SSSR count). The Morgan fingerprint density at radius 3 is 2.25 bits per heavy atom. The molecule has 0 unspecified atom stereocenters. The minimum atomic E-state index is 0.0509. The SMILES string of the molecule is CCC1CC(=O)N(C2CCNCC2)C(=O)C1. The number of nitrogens with one attached hydrogen (secondary N) is 1. The van der Waals surface area contributed by atoms with E-state index in [1.54, 1.807) is 4.90 Å². The van der Waals surface area contributed by atoms with Gasteiger partial charge in [-0.3, -0.25) is 14.5 Å². The molecule has 0 spiro atoms. The summed E-state index contributed by atoms with van der Waals surface area (Å²) in [5.41, 5.74) is 0. The second-order valence-corrected chi connectivity index (χ2v) is 4.82. The topological polar surface area (TPSA) is 49.4 Å². The number of amides is 2. The van der Waals surface area contributed by atoms with Crippen molar-refractivity contribution in [2.24, 2.45) is 5.92 Å². The van der Waals surface area contributed by atoms with E-state index in [4.69, 9.17) is 0 Å². The lowest BCUT2D eigenvalue weighted by atomic mass is 9.91. The van der Waals surface area contributed by atoms with Gasteiger partial charge in [0.25, 0.3) is 0 Å². The zero-order valence-electron chi connectivity index (χ0n) is 9.87. The van der Waals surface area contributed by atoms with Crippen LogP contribution >= 0.6 is 0 Å². The Hall–Kier alpha value is -0.900. The number of nitrogens with zero attached hydrogens (tertiary/aromatic N) is 1. The predicted molar refractivity (Wildman–Crippen MR) is 60.8 cm³/mol. The van der Waals surface area contributed by atoms with Crippen LogP contribution < -0.4 is 5.32 Å². The Bertz CT molecular complexity index is 267. The first kappa shape index (κ1) is 11.6. The van der Waals surface area contributed by atoms with Crippen molar-refractivity contribution in [3.05, 3.63) is 0 Å². The fraction of sp³-hybridized carbons (Fsp3) is 0.833. The van der Waals surface area contributed by atoms with Gasteiger partial charge in [-0.05, 0) is 31.8 Å². The highest BCUT2D eigenvalue weighted by molar-refractivity contribution is 5.98. The van der Waals surface area contributed by atoms with Gasteiger partial charge in [-0.1, -0.05) is 13.3 Å². The molecular weight excluding hydrogens is 204 g/mol. The van der Waals surface area contributed by atoms with Crippen LogP contribution in [-0.2, 0) is 9.59 Å². The summed E-state index contributed by atoms with van der Waals surface area (Å²) < 4.78 is 0. The van der Waals surface area contributed by atoms with Crippen LogP contribution in [0, 0.1) is 5.92 Å². The molecule has 4 heteroatoms. The van der Waals surface area contributed by atoms with Crippen LogP contribution in [0.15, 0.2) is 0 Å². The largest absolute Gasteiger partial charge is 0.317 e. The molecule has 0 radical (unpaired) electrons. The number of hydrogen-bond donors (Lipinski definition) is 1. The predicted octanol–water partition coefficient (Wildman–Crippen LogP) is 0.914. The second-order valence-electron chi connectivity index (χ2n) is 4.82. The molecule has 90 valence electrons. The van der Waals surface area contributed by atoms with Crippen molar-refractivity contribution >= 4 is 11.8 Å². The fourth-order valence-corrected chi connectivity index (χ4v) is 2.66. The molecule has 1 N–H and O–H groups in total. The second kappa shape index (κ2) is 4.95. The Morgan fingerprint density at radius 1 is 1.19 bits per heavy atom. The highest BCUT2D eigenvalue weighted by Gasteiger charge is 2.36. The molecule has 0 aromatic rings. The molecule has 0 saturated carbocycles. The highest BCUT2D eigenvalue weighted by Crippen LogP contribution is 2.26. The van der Waals surface area contributed by atoms with Crippen LogP contribution in [0.3, 0.4) is 0 Å². The molecule has 0 aliphatic carbocycles. The van der Waals surface area contributed by atoms with E-state index >= 15 is 0 Å². The van der Waals surface area contributed by atoms with Crippen molar-refractivity contribution in [1.29, 1.82) is 0 Å². The van der Waals surface area contributed by atoms with Crippen LogP contribution in [-0.4, -0.2) is 35.8 Å². The number of carbonyl (C=O) groups is 2. The van der Waals surface area contributed by atoms with Gasteiger partial charge in [0.2, 0.25) is 11.8 Å². The molecule has 4 nitrogen and oxygen atoms in total. The van der Waals surface area contributed by atoms with Crippen LogP contribution in [0.5, 0.6) is 0 Å². The van der Waals surface area contributed by atoms with E-state index in [0.29, 0.717) is 12.8 Å². The minimum absolute atomic E-state index is 0.0509. The van der Waals surface area contributed by atoms with E-state index in [2.05, 4.69) is 5.32 Å². The van der Waals surface area contributed by atoms with Crippen molar-refractivity contribution in [2.45, 2.75) is 45.1 Å². The standard InChI is InChI=1S/C12H20N2O2/c1-2-9-7-11(15)14(12(16)8-9)10-3-5-13-6-4-10/h9-10,13H,2-8H2,1H3. The van der Waals surface area contributed by atoms with Gasteiger partial charge in [-0.15, -0.1) is 0 Å². The number of carbonyl (C=O) groups excluding carboxylic acids is 2. The normalized spacial score (nSPS) is 25.2. The molecule has 2 heterocycles. The number of hydrogen-bond acceptors (Lipinski definition) is 3. The highest BCUT2D eigenvalue weighted by atomic mass is 16.2. The Labute approximate surface area is 96.4 Å². The number of likely N-dealkylation sites (tertiary alicyclic amines) is 1. The van der Waals surface area contributed by atoms with Gasteiger partial charge < -0.3 is 5.32 Å². The summed E-state index contributed by atoms with van der Waals surface area (Å²) in [4.78, 5) is 25.5. The van der Waals surface area contributed by atoms with Gasteiger partial charge in [0.1, 0.15) is 0 Å². The lowest BCUT2D eigenvalue weighted by Crippen LogP contribution is -2.52. The molecule has 2 aliphatic rings. The molecule has 0 bridgehead atoms. The fourth-order valence-electron chi connectivity index (χ4n) is 2.66. The Morgan fingerprint density at radius 2 is 1.75 bits per heavy atom. The number of imide groups is 1. The summed E-state index contributed by atoms with van der Waals surface area (Å²) in [5, 5.41) is 3.25. The summed E-state index contributed by atoms with van der Waals surface area (Å²) in [6.45, 7) is 3.88. The van der Waals surface area contributed by atoms with Gasteiger partial charge >= 0.3 is 0 Å². The molecule has 16 heavy (non-hydrogen) atoms. The van der Waals surface area contributed by atoms with Crippen LogP contribution in [0.2, 0.25) is 0 Å². The molecular formula is C12H20N2O2. The third-order valence-corrected chi connectivity index (χ3v) is 3.72. The van der Waals surface area contributed by atoms with Gasteiger partial charge in [0, 0.05) is 18.9 Å². The number of rotatable bonds is 2. The van der Waals surface area contributed by atoms with E-state index in [0.717, 1.165) is 32.4 Å². The van der Waals surface area contributed by atoms with Gasteiger partial charge in [0.15, 0.2) is 0 Å². The van der Waals surface area contributed by atoms with Crippen LogP contribution in [0.25, 0.3) is 0 Å². The maximum Gasteiger partial charge on any atom is 0.229 e. The molecule has 2 saturated heterocycles. The molecule has 2 fully saturated rings. The smallest absolute Gasteiger partial charge is 0.229 e. The average Bonchev–Trinajstić information content (AvgIpc) is 2.29. The van der Waals surface area contributed by atoms with Crippen LogP contribution in [0.1, 0.15) is 39.0 Å². The number of piperidine rings is 2. The monoisotopic (exact) mass is 224 g/mol. The van der Waals surface area contributed by atoms with E-state index < -0.39 is 0 Å². The van der Waals surface area contributed by atoms with E-state index in [-0.39, 0.29) is 23.8 Å². The first-order valence-electron chi connectivity index (χ1n) is 6.28. The summed E-state index contributed by atoms with van der Waals surface area (Å²) in [5.74, 6) is 0.378. The van der Waals surface area contributed by atoms with Crippen molar-refractivity contribution in [2.75, 3.05) is 13.1 Å². The zero-order chi connectivity index (χ0) is 11.5. The average molecular weight is 224 g/mol. The molecule has 0 aromatic heterocycles. The van der Waals surface area contributed by atoms with Crippen molar-refractivity contribution in [3.8, 4) is 0 Å². The van der Waals surface area contributed by atoms with Crippen molar-refractivity contribution in [1.82, 2.24) is 10.2 Å². The third-order valence-electron chi connectivity index (χ3n) is 3.72. The minimum Gasteiger partial charge on any atom is -0.317 e. The first-order chi connectivity index (χ1) is 7.72. The Balaban J connectivity index is 2.03. The quantitative estimate of drug-likeness (QED) is 0.709. The summed E-state index contributed by atoms with van der Waals surface area (Å²) in [6, 6.07) is 0.152.